The fourth-order valence-electron chi connectivity index (χ4n) is 3.97. The van der Waals surface area contributed by atoms with Gasteiger partial charge < -0.3 is 5.32 Å². The molecule has 2 aliphatic rings. The molecule has 0 spiro atoms. The van der Waals surface area contributed by atoms with E-state index >= 15 is 0 Å². The summed E-state index contributed by atoms with van der Waals surface area (Å²) in [6, 6.07) is 10.2. The highest BCUT2D eigenvalue weighted by atomic mass is 16.1. The molecule has 1 atom stereocenters. The second-order valence-corrected chi connectivity index (χ2v) is 7.82. The number of rotatable bonds is 2. The number of carbonyl (C=O) groups is 1. The number of H-pyrrole nitrogens is 1. The molecule has 0 fully saturated rings. The molecule has 25 heavy (non-hydrogen) atoms. The maximum Gasteiger partial charge on any atom is 0.162 e. The van der Waals surface area contributed by atoms with E-state index in [9.17, 15) is 4.79 Å². The maximum atomic E-state index is 12.9. The molecule has 1 unspecified atom stereocenters. The van der Waals surface area contributed by atoms with E-state index < -0.39 is 0 Å². The van der Waals surface area contributed by atoms with Crippen LogP contribution in [0.2, 0.25) is 0 Å². The van der Waals surface area contributed by atoms with Crippen LogP contribution in [0.1, 0.15) is 49.4 Å². The smallest absolute Gasteiger partial charge is 0.162 e. The summed E-state index contributed by atoms with van der Waals surface area (Å²) in [6.45, 7) is 6.31. The average Bonchev–Trinajstić information content (AvgIpc) is 2.92. The van der Waals surface area contributed by atoms with Gasteiger partial charge in [-0.25, -0.2) is 0 Å². The highest BCUT2D eigenvalue weighted by Crippen LogP contribution is 2.47. The van der Waals surface area contributed by atoms with Gasteiger partial charge in [-0.3, -0.25) is 9.89 Å². The highest BCUT2D eigenvalue weighted by molar-refractivity contribution is 6.01. The molecule has 4 rings (SSSR count). The zero-order chi connectivity index (χ0) is 17.6. The van der Waals surface area contributed by atoms with Crippen LogP contribution in [0.25, 0.3) is 6.08 Å². The lowest BCUT2D eigenvalue weighted by atomic mass is 9.70. The first-order valence-electron chi connectivity index (χ1n) is 8.76. The minimum Gasteiger partial charge on any atom is -0.342 e. The first-order valence-corrected chi connectivity index (χ1v) is 8.76. The molecule has 4 heteroatoms. The van der Waals surface area contributed by atoms with Crippen LogP contribution < -0.4 is 5.32 Å². The van der Waals surface area contributed by atoms with E-state index in [1.807, 2.05) is 25.1 Å². The van der Waals surface area contributed by atoms with Gasteiger partial charge in [0.2, 0.25) is 0 Å². The van der Waals surface area contributed by atoms with Crippen LogP contribution in [0.4, 0.5) is 5.82 Å². The molecule has 4 nitrogen and oxygen atoms in total. The second kappa shape index (κ2) is 5.73. The summed E-state index contributed by atoms with van der Waals surface area (Å²) >= 11 is 0. The van der Waals surface area contributed by atoms with Gasteiger partial charge in [0, 0.05) is 34.9 Å². The fourth-order valence-corrected chi connectivity index (χ4v) is 3.97. The Morgan fingerprint density at radius 3 is 2.72 bits per heavy atom. The Labute approximate surface area is 148 Å². The number of hydrogen-bond donors (Lipinski definition) is 2. The van der Waals surface area contributed by atoms with Crippen molar-refractivity contribution in [1.29, 1.82) is 0 Å². The Hall–Kier alpha value is -2.62. The Morgan fingerprint density at radius 2 is 1.96 bits per heavy atom. The van der Waals surface area contributed by atoms with Crippen molar-refractivity contribution in [3.63, 3.8) is 0 Å². The minimum atomic E-state index is -0.0474. The zero-order valence-corrected chi connectivity index (χ0v) is 14.9. The number of Topliss-reactive ketones (excluding diaryl/α,β-unsaturated/α-hetero) is 1. The van der Waals surface area contributed by atoms with Crippen molar-refractivity contribution >= 4 is 17.7 Å². The quantitative estimate of drug-likeness (QED) is 0.845. The summed E-state index contributed by atoms with van der Waals surface area (Å²) in [7, 11) is 0. The molecule has 1 aliphatic heterocycles. The van der Waals surface area contributed by atoms with Crippen molar-refractivity contribution < 1.29 is 4.79 Å². The van der Waals surface area contributed by atoms with Gasteiger partial charge in [0.15, 0.2) is 11.6 Å². The van der Waals surface area contributed by atoms with Gasteiger partial charge >= 0.3 is 0 Å². The lowest BCUT2D eigenvalue weighted by Gasteiger charge is -2.37. The lowest BCUT2D eigenvalue weighted by Crippen LogP contribution is -2.33. The van der Waals surface area contributed by atoms with Gasteiger partial charge in [-0.1, -0.05) is 56.3 Å². The number of nitrogens with zero attached hydrogens (tertiary/aromatic N) is 1. The summed E-state index contributed by atoms with van der Waals surface area (Å²) in [5, 5.41) is 10.9. The van der Waals surface area contributed by atoms with Crippen LogP contribution in [-0.2, 0) is 4.79 Å². The zero-order valence-electron chi connectivity index (χ0n) is 14.9. The third-order valence-corrected chi connectivity index (χ3v) is 5.09. The molecule has 0 amide bonds. The van der Waals surface area contributed by atoms with Crippen molar-refractivity contribution in [3.05, 3.63) is 64.5 Å². The van der Waals surface area contributed by atoms with Gasteiger partial charge in [0.05, 0.1) is 0 Å². The molecule has 1 aromatic heterocycles. The van der Waals surface area contributed by atoms with Gasteiger partial charge in [-0.05, 0) is 24.3 Å². The Kier molecular flexibility index (Phi) is 3.64. The summed E-state index contributed by atoms with van der Waals surface area (Å²) in [5.74, 6) is 1.05. The Bertz CT molecular complexity index is 887. The van der Waals surface area contributed by atoms with Crippen LogP contribution in [0.5, 0.6) is 0 Å². The SMILES string of the molecule is Cc1[nH]nc2c1C(/C=C/c1ccccc1)C1=C(CC(C)(C)CC1=O)N2. The van der Waals surface area contributed by atoms with E-state index in [0.717, 1.165) is 40.3 Å². The van der Waals surface area contributed by atoms with Crippen LogP contribution in [-0.4, -0.2) is 16.0 Å². The van der Waals surface area contributed by atoms with Gasteiger partial charge in [-0.15, -0.1) is 0 Å². The number of benzene rings is 1. The molecule has 1 aliphatic carbocycles. The predicted molar refractivity (Wildman–Crippen MR) is 100 cm³/mol. The average molecular weight is 333 g/mol. The van der Waals surface area contributed by atoms with E-state index in [0.29, 0.717) is 6.42 Å². The summed E-state index contributed by atoms with van der Waals surface area (Å²) in [4.78, 5) is 12.9. The molecule has 0 radical (unpaired) electrons. The number of aromatic nitrogens is 2. The molecule has 2 N–H and O–H groups in total. The summed E-state index contributed by atoms with van der Waals surface area (Å²) in [5.41, 5.74) is 5.15. The third kappa shape index (κ3) is 2.82. The number of aryl methyl sites for hydroxylation is 1. The van der Waals surface area contributed by atoms with Crippen LogP contribution >= 0.6 is 0 Å². The molecule has 128 valence electrons. The first-order chi connectivity index (χ1) is 11.9. The number of hydrogen-bond acceptors (Lipinski definition) is 3. The monoisotopic (exact) mass is 333 g/mol. The molecular weight excluding hydrogens is 310 g/mol. The molecular formula is C21H23N3O. The number of ketones is 1. The van der Waals surface area contributed by atoms with E-state index in [2.05, 4.69) is 53.6 Å². The Balaban J connectivity index is 1.81. The van der Waals surface area contributed by atoms with Gasteiger partial charge in [0.1, 0.15) is 0 Å². The molecule has 0 saturated heterocycles. The maximum absolute atomic E-state index is 12.9. The van der Waals surface area contributed by atoms with Crippen molar-refractivity contribution in [2.45, 2.75) is 39.5 Å². The summed E-state index contributed by atoms with van der Waals surface area (Å²) in [6.07, 6.45) is 5.71. The number of allylic oxidation sites excluding steroid dienone is 3. The van der Waals surface area contributed by atoms with E-state index in [1.54, 1.807) is 0 Å². The first kappa shape index (κ1) is 15.9. The van der Waals surface area contributed by atoms with Crippen molar-refractivity contribution in [1.82, 2.24) is 10.2 Å². The van der Waals surface area contributed by atoms with Crippen LogP contribution in [0, 0.1) is 12.3 Å². The van der Waals surface area contributed by atoms with Crippen LogP contribution in [0.3, 0.4) is 0 Å². The second-order valence-electron chi connectivity index (χ2n) is 7.82. The predicted octanol–water partition coefficient (Wildman–Crippen LogP) is 4.58. The molecule has 0 bridgehead atoms. The topological polar surface area (TPSA) is 57.8 Å². The number of anilines is 1. The highest BCUT2D eigenvalue weighted by Gasteiger charge is 2.40. The van der Waals surface area contributed by atoms with Gasteiger partial charge in [-0.2, -0.15) is 5.10 Å². The number of fused-ring (bicyclic) bond motifs is 1. The lowest BCUT2D eigenvalue weighted by molar-refractivity contribution is -0.118. The molecule has 2 aromatic rings. The van der Waals surface area contributed by atoms with Crippen LogP contribution in [0.15, 0.2) is 47.7 Å². The standard InChI is InChI=1S/C21H23N3O/c1-13-18-15(10-9-14-7-5-4-6-8-14)19-16(22-20(18)24-23-13)11-21(2,3)12-17(19)25/h4-10,15H,11-12H2,1-3H3,(H2,22,23,24)/b10-9+. The summed E-state index contributed by atoms with van der Waals surface area (Å²) < 4.78 is 0. The number of aromatic amines is 1. The number of carbonyl (C=O) groups excluding carboxylic acids is 1. The van der Waals surface area contributed by atoms with Crippen molar-refractivity contribution in [3.8, 4) is 0 Å². The molecule has 1 aromatic carbocycles. The van der Waals surface area contributed by atoms with E-state index in [1.165, 1.54) is 0 Å². The number of nitrogens with one attached hydrogen (secondary N) is 2. The van der Waals surface area contributed by atoms with Gasteiger partial charge in [0.25, 0.3) is 0 Å². The Morgan fingerprint density at radius 1 is 1.20 bits per heavy atom. The fraction of sp³-hybridized carbons (Fsp3) is 0.333. The minimum absolute atomic E-state index is 0.0144. The van der Waals surface area contributed by atoms with E-state index in [4.69, 9.17) is 0 Å². The van der Waals surface area contributed by atoms with E-state index in [-0.39, 0.29) is 17.1 Å². The molecule has 0 saturated carbocycles. The normalized spacial score (nSPS) is 21.9. The van der Waals surface area contributed by atoms with Crippen molar-refractivity contribution in [2.75, 3.05) is 5.32 Å². The molecule has 2 heterocycles. The largest absolute Gasteiger partial charge is 0.342 e. The third-order valence-electron chi connectivity index (χ3n) is 5.09. The van der Waals surface area contributed by atoms with Crippen molar-refractivity contribution in [2.24, 2.45) is 5.41 Å².